The van der Waals surface area contributed by atoms with Crippen molar-refractivity contribution in [2.24, 2.45) is 0 Å². The Morgan fingerprint density at radius 3 is 2.18 bits per heavy atom. The molecular formula is C15H22O6S. The fraction of sp³-hybridized carbons (Fsp3) is 0.533. The van der Waals surface area contributed by atoms with Crippen LogP contribution in [-0.2, 0) is 36.4 Å². The van der Waals surface area contributed by atoms with Gasteiger partial charge in [-0.3, -0.25) is 9.00 Å². The Morgan fingerprint density at radius 2 is 1.55 bits per heavy atom. The van der Waals surface area contributed by atoms with Gasteiger partial charge in [0.15, 0.2) is 0 Å². The largest absolute Gasteiger partial charge is 0.481 e. The number of hydrogen-bond donors (Lipinski definition) is 1. The highest BCUT2D eigenvalue weighted by Gasteiger charge is 2.05. The van der Waals surface area contributed by atoms with Gasteiger partial charge in [0.1, 0.15) is 5.75 Å². The minimum absolute atomic E-state index is 0.229. The van der Waals surface area contributed by atoms with Gasteiger partial charge < -0.3 is 19.3 Å². The van der Waals surface area contributed by atoms with Gasteiger partial charge in [-0.05, 0) is 5.56 Å². The summed E-state index contributed by atoms with van der Waals surface area (Å²) in [6, 6.07) is 9.90. The van der Waals surface area contributed by atoms with E-state index in [2.05, 4.69) is 0 Å². The molecule has 0 heterocycles. The first-order valence-corrected chi connectivity index (χ1v) is 8.51. The smallest absolute Gasteiger partial charge is 0.316 e. The van der Waals surface area contributed by atoms with Gasteiger partial charge in [0.2, 0.25) is 0 Å². The minimum atomic E-state index is -1.37. The van der Waals surface area contributed by atoms with Crippen molar-refractivity contribution in [2.75, 3.05) is 44.5 Å². The van der Waals surface area contributed by atoms with Crippen LogP contribution in [0.25, 0.3) is 0 Å². The fourth-order valence-electron chi connectivity index (χ4n) is 1.57. The van der Waals surface area contributed by atoms with Crippen LogP contribution >= 0.6 is 0 Å². The number of benzene rings is 1. The molecule has 0 amide bonds. The lowest BCUT2D eigenvalue weighted by Gasteiger charge is -2.07. The van der Waals surface area contributed by atoms with Gasteiger partial charge in [0.25, 0.3) is 0 Å². The first kappa shape index (κ1) is 18.8. The highest BCUT2D eigenvalue weighted by atomic mass is 32.2. The molecule has 124 valence electrons. The van der Waals surface area contributed by atoms with Crippen molar-refractivity contribution in [2.45, 2.75) is 6.61 Å². The standard InChI is InChI=1S/C15H22O6S/c16-15(17)13-22(18)11-10-20-7-6-19-8-9-21-12-14-4-2-1-3-5-14/h1-5H,6-13H2,(H,16,17)/t22-/m1/s1. The van der Waals surface area contributed by atoms with Crippen molar-refractivity contribution in [3.8, 4) is 0 Å². The second-order valence-corrected chi connectivity index (χ2v) is 6.02. The van der Waals surface area contributed by atoms with Gasteiger partial charge in [0.05, 0.1) is 39.6 Å². The summed E-state index contributed by atoms with van der Waals surface area (Å²) in [6.45, 7) is 2.66. The molecule has 1 aromatic carbocycles. The fourth-order valence-corrected chi connectivity index (χ4v) is 2.29. The van der Waals surface area contributed by atoms with E-state index in [1.165, 1.54) is 0 Å². The zero-order chi connectivity index (χ0) is 16.0. The maximum atomic E-state index is 11.2. The van der Waals surface area contributed by atoms with Crippen molar-refractivity contribution in [1.82, 2.24) is 0 Å². The van der Waals surface area contributed by atoms with E-state index in [4.69, 9.17) is 19.3 Å². The Balaban J connectivity index is 1.84. The maximum absolute atomic E-state index is 11.2. The summed E-state index contributed by atoms with van der Waals surface area (Å²) in [7, 11) is -1.37. The van der Waals surface area contributed by atoms with E-state index >= 15 is 0 Å². The number of rotatable bonds is 13. The molecule has 6 nitrogen and oxygen atoms in total. The van der Waals surface area contributed by atoms with E-state index < -0.39 is 16.8 Å². The van der Waals surface area contributed by atoms with Crippen molar-refractivity contribution in [3.05, 3.63) is 35.9 Å². The van der Waals surface area contributed by atoms with Crippen molar-refractivity contribution in [3.63, 3.8) is 0 Å². The molecule has 0 saturated carbocycles. The van der Waals surface area contributed by atoms with Gasteiger partial charge in [-0.1, -0.05) is 30.3 Å². The topological polar surface area (TPSA) is 82.1 Å². The van der Waals surface area contributed by atoms with Gasteiger partial charge in [0, 0.05) is 16.6 Å². The Kier molecular flexibility index (Phi) is 10.5. The van der Waals surface area contributed by atoms with Gasteiger partial charge in [-0.15, -0.1) is 0 Å². The third-order valence-electron chi connectivity index (χ3n) is 2.60. The van der Waals surface area contributed by atoms with E-state index in [0.29, 0.717) is 33.0 Å². The molecule has 1 rings (SSSR count). The maximum Gasteiger partial charge on any atom is 0.316 e. The number of ether oxygens (including phenoxy) is 3. The number of carboxylic acids is 1. The number of hydrogen-bond acceptors (Lipinski definition) is 5. The monoisotopic (exact) mass is 330 g/mol. The molecule has 0 spiro atoms. The second-order valence-electron chi connectivity index (χ2n) is 4.44. The van der Waals surface area contributed by atoms with Crippen LogP contribution in [0.1, 0.15) is 5.56 Å². The lowest BCUT2D eigenvalue weighted by Crippen LogP contribution is -2.16. The Labute approximate surface area is 132 Å². The molecule has 7 heteroatoms. The predicted molar refractivity (Wildman–Crippen MR) is 83.2 cm³/mol. The van der Waals surface area contributed by atoms with Crippen LogP contribution in [0.5, 0.6) is 0 Å². The predicted octanol–water partition coefficient (Wildman–Crippen LogP) is 1.07. The minimum Gasteiger partial charge on any atom is -0.481 e. The Morgan fingerprint density at radius 1 is 0.955 bits per heavy atom. The Bertz CT molecular complexity index is 437. The molecule has 0 bridgehead atoms. The molecule has 0 aromatic heterocycles. The summed E-state index contributed by atoms with van der Waals surface area (Å²) in [5.41, 5.74) is 1.13. The van der Waals surface area contributed by atoms with Gasteiger partial charge in [-0.2, -0.15) is 0 Å². The number of carbonyl (C=O) groups is 1. The molecule has 0 saturated heterocycles. The molecular weight excluding hydrogens is 308 g/mol. The average molecular weight is 330 g/mol. The molecule has 0 aliphatic heterocycles. The van der Waals surface area contributed by atoms with Crippen LogP contribution in [0.3, 0.4) is 0 Å². The lowest BCUT2D eigenvalue weighted by atomic mass is 10.2. The molecule has 1 aromatic rings. The molecule has 0 aliphatic carbocycles. The highest BCUT2D eigenvalue weighted by molar-refractivity contribution is 7.85. The van der Waals surface area contributed by atoms with Crippen molar-refractivity contribution in [1.29, 1.82) is 0 Å². The summed E-state index contributed by atoms with van der Waals surface area (Å²) >= 11 is 0. The van der Waals surface area contributed by atoms with Crippen LogP contribution in [0.4, 0.5) is 0 Å². The molecule has 0 unspecified atom stereocenters. The summed E-state index contributed by atoms with van der Waals surface area (Å²) in [5, 5.41) is 8.43. The quantitative estimate of drug-likeness (QED) is 0.545. The number of carboxylic acid groups (broad SMARTS) is 1. The normalized spacial score (nSPS) is 12.2. The average Bonchev–Trinajstić information content (AvgIpc) is 2.49. The molecule has 0 fully saturated rings. The first-order valence-electron chi connectivity index (χ1n) is 7.02. The van der Waals surface area contributed by atoms with Gasteiger partial charge in [-0.25, -0.2) is 0 Å². The summed E-state index contributed by atoms with van der Waals surface area (Å²) < 4.78 is 27.2. The van der Waals surface area contributed by atoms with Crippen LogP contribution in [0, 0.1) is 0 Å². The molecule has 0 radical (unpaired) electrons. The molecule has 1 N–H and O–H groups in total. The lowest BCUT2D eigenvalue weighted by molar-refractivity contribution is -0.133. The van der Waals surface area contributed by atoms with E-state index in [1.807, 2.05) is 30.3 Å². The SMILES string of the molecule is O=C(O)C[S@](=O)CCOCCOCCOCc1ccccc1. The molecule has 1 atom stereocenters. The van der Waals surface area contributed by atoms with E-state index in [-0.39, 0.29) is 18.1 Å². The summed E-state index contributed by atoms with van der Waals surface area (Å²) in [6.07, 6.45) is 0. The summed E-state index contributed by atoms with van der Waals surface area (Å²) in [5.74, 6) is -1.16. The molecule has 0 aliphatic rings. The Hall–Kier alpha value is -1.28. The molecule has 22 heavy (non-hydrogen) atoms. The zero-order valence-corrected chi connectivity index (χ0v) is 13.3. The van der Waals surface area contributed by atoms with Gasteiger partial charge >= 0.3 is 5.97 Å². The van der Waals surface area contributed by atoms with Crippen LogP contribution in [0.15, 0.2) is 30.3 Å². The van der Waals surface area contributed by atoms with Crippen molar-refractivity contribution < 1.29 is 28.3 Å². The zero-order valence-electron chi connectivity index (χ0n) is 12.4. The third-order valence-corrected chi connectivity index (χ3v) is 3.79. The second kappa shape index (κ2) is 12.3. The summed E-state index contributed by atoms with van der Waals surface area (Å²) in [4.78, 5) is 10.3. The van der Waals surface area contributed by atoms with E-state index in [9.17, 15) is 9.00 Å². The van der Waals surface area contributed by atoms with E-state index in [1.54, 1.807) is 0 Å². The van der Waals surface area contributed by atoms with Crippen LogP contribution < -0.4 is 0 Å². The first-order chi connectivity index (χ1) is 10.7. The van der Waals surface area contributed by atoms with Crippen LogP contribution in [0.2, 0.25) is 0 Å². The van der Waals surface area contributed by atoms with Crippen molar-refractivity contribution >= 4 is 16.8 Å². The number of aliphatic carboxylic acids is 1. The van der Waals surface area contributed by atoms with E-state index in [0.717, 1.165) is 5.56 Å². The highest BCUT2D eigenvalue weighted by Crippen LogP contribution is 1.99. The third kappa shape index (κ3) is 10.4. The van der Waals surface area contributed by atoms with Crippen LogP contribution in [-0.4, -0.2) is 59.8 Å².